The summed E-state index contributed by atoms with van der Waals surface area (Å²) in [4.78, 5) is 36.2. The second-order valence-corrected chi connectivity index (χ2v) is 23.8. The van der Waals surface area contributed by atoms with Crippen LogP contribution in [0.2, 0.25) is 0 Å². The summed E-state index contributed by atoms with van der Waals surface area (Å²) in [7, 11) is 0. The predicted molar refractivity (Wildman–Crippen MR) is 310 cm³/mol. The molecule has 5 fully saturated rings. The van der Waals surface area contributed by atoms with Crippen molar-refractivity contribution in [1.29, 1.82) is 0 Å². The Morgan fingerprint density at radius 2 is 1.13 bits per heavy atom. The van der Waals surface area contributed by atoms with Crippen molar-refractivity contribution in [2.45, 2.75) is 38.6 Å². The number of aromatic amines is 1. The average molecular weight is 1240 g/mol. The Hall–Kier alpha value is -4.27. The van der Waals surface area contributed by atoms with Crippen molar-refractivity contribution in [1.82, 2.24) is 59.5 Å². The van der Waals surface area contributed by atoms with Gasteiger partial charge in [-0.05, 0) is 65.7 Å². The van der Waals surface area contributed by atoms with E-state index in [1.807, 2.05) is 51.0 Å². The van der Waals surface area contributed by atoms with Gasteiger partial charge in [-0.25, -0.2) is 24.6 Å². The van der Waals surface area contributed by atoms with Crippen LogP contribution in [0.4, 0.5) is 11.6 Å². The quantitative estimate of drug-likeness (QED) is 0.106. The molecule has 3 atom stereocenters. The molecule has 0 spiro atoms. The summed E-state index contributed by atoms with van der Waals surface area (Å²) in [6.45, 7) is 14.8. The summed E-state index contributed by atoms with van der Waals surface area (Å²) in [5, 5.41) is 14.1. The van der Waals surface area contributed by atoms with E-state index >= 15 is 0 Å². The first-order valence-corrected chi connectivity index (χ1v) is 30.2. The van der Waals surface area contributed by atoms with E-state index in [1.54, 1.807) is 22.7 Å². The van der Waals surface area contributed by atoms with Crippen molar-refractivity contribution in [3.63, 3.8) is 0 Å². The van der Waals surface area contributed by atoms with Gasteiger partial charge in [0.1, 0.15) is 6.23 Å². The third-order valence-electron chi connectivity index (χ3n) is 14.7. The Morgan fingerprint density at radius 1 is 0.610 bits per heavy atom. The number of hydrogen-bond acceptors (Lipinski definition) is 21. The number of fused-ring (bicyclic) bond motifs is 4. The highest BCUT2D eigenvalue weighted by Crippen LogP contribution is 2.39. The lowest BCUT2D eigenvalue weighted by molar-refractivity contribution is -0.0390. The molecule has 0 aliphatic carbocycles. The maximum atomic E-state index is 11.1. The van der Waals surface area contributed by atoms with Gasteiger partial charge in [-0.2, -0.15) is 10.2 Å². The monoisotopic (exact) mass is 1240 g/mol. The number of hydrogen-bond donors (Lipinski definition) is 1. The number of thiophene rings is 2. The molecule has 1 N–H and O–H groups in total. The molecule has 2 aromatic carbocycles. The number of halogens is 1. The number of morpholine rings is 2. The molecule has 26 heteroatoms. The molecule has 77 heavy (non-hydrogen) atoms. The van der Waals surface area contributed by atoms with E-state index in [0.717, 1.165) is 182 Å². The number of benzene rings is 2. The van der Waals surface area contributed by atoms with Crippen LogP contribution in [0.1, 0.15) is 35.2 Å². The van der Waals surface area contributed by atoms with Crippen LogP contribution >= 0.6 is 46.7 Å². The largest absolute Gasteiger partial charge is 0.771 e. The standard InChI is InChI=1S/C28H35N7O4S2.C23H27N7O3S2.HI/c36-41(37)19-33-9-7-32(8-10-33)17-20-16-24-26(40-20)28(34-11-14-38-15-12-34)30-27(29-24)21-4-3-5-23-22(21)18-35(31-23)25-6-1-2-13-39-25;31-35(32)15-29-6-4-28(5-7-29)14-16-12-20-21(34-16)23(30-8-10-33-11-9-30)26-22(25-20)17-2-1-3-19-18(17)13-24-27-19;/h3-5,16,18,25H,1-2,6-15,17,19H2,(H,36,37);1-3,12-13H,4-11,14-15H2,(H,24,27)(H,31,32);1H/p-2. The molecule has 5 saturated heterocycles. The molecule has 21 nitrogen and oxygen atoms in total. The highest BCUT2D eigenvalue weighted by Gasteiger charge is 2.26. The van der Waals surface area contributed by atoms with Gasteiger partial charge in [0.05, 0.1) is 75.8 Å². The van der Waals surface area contributed by atoms with Crippen LogP contribution in [-0.4, -0.2) is 200 Å². The van der Waals surface area contributed by atoms with Crippen LogP contribution in [0.3, 0.4) is 0 Å². The van der Waals surface area contributed by atoms with E-state index in [4.69, 9.17) is 39.2 Å². The minimum absolute atomic E-state index is 0. The van der Waals surface area contributed by atoms with Gasteiger partial charge in [-0.3, -0.25) is 33.1 Å². The lowest BCUT2D eigenvalue weighted by Gasteiger charge is -2.34. The molecule has 0 radical (unpaired) electrons. The van der Waals surface area contributed by atoms with E-state index in [9.17, 15) is 17.5 Å². The van der Waals surface area contributed by atoms with Crippen LogP contribution in [0.15, 0.2) is 60.9 Å². The van der Waals surface area contributed by atoms with Crippen LogP contribution < -0.4 is 9.80 Å². The highest BCUT2D eigenvalue weighted by molar-refractivity contribution is 14.0. The molecular weight excluding hydrogens is 1180 g/mol. The van der Waals surface area contributed by atoms with Crippen LogP contribution in [0.5, 0.6) is 0 Å². The van der Waals surface area contributed by atoms with E-state index in [0.29, 0.717) is 38.1 Å². The summed E-state index contributed by atoms with van der Waals surface area (Å²) >= 11 is -0.554. The summed E-state index contributed by atoms with van der Waals surface area (Å²) < 4.78 is 65.6. The molecule has 8 aromatic rings. The zero-order valence-corrected chi connectivity index (χ0v) is 48.1. The Morgan fingerprint density at radius 3 is 1.65 bits per heavy atom. The average Bonchev–Trinajstić information content (AvgIpc) is 4.32. The molecule has 5 aliphatic rings. The van der Waals surface area contributed by atoms with Gasteiger partial charge in [0.2, 0.25) is 0 Å². The fourth-order valence-corrected chi connectivity index (χ4v) is 14.1. The number of anilines is 2. The fraction of sp³-hybridized carbons (Fsp3) is 0.490. The Labute approximate surface area is 475 Å². The van der Waals surface area contributed by atoms with Gasteiger partial charge in [0.25, 0.3) is 0 Å². The van der Waals surface area contributed by atoms with Crippen molar-refractivity contribution in [3.05, 3.63) is 70.7 Å². The normalized spacial score (nSPS) is 20.4. The first-order chi connectivity index (χ1) is 37.2. The fourth-order valence-electron chi connectivity index (χ4n) is 10.7. The van der Waals surface area contributed by atoms with Crippen LogP contribution in [0.25, 0.3) is 65.0 Å². The van der Waals surface area contributed by atoms with Crippen molar-refractivity contribution in [3.8, 4) is 22.8 Å². The molecular formula is C51H61IN14O7S4-2. The summed E-state index contributed by atoms with van der Waals surface area (Å²) in [6, 6.07) is 16.6. The summed E-state index contributed by atoms with van der Waals surface area (Å²) in [6.07, 6.45) is 7.10. The Kier molecular flexibility index (Phi) is 17.8. The highest BCUT2D eigenvalue weighted by atomic mass is 127. The predicted octanol–water partition coefficient (Wildman–Crippen LogP) is 5.84. The summed E-state index contributed by atoms with van der Waals surface area (Å²) in [5.74, 6) is 3.56. The van der Waals surface area contributed by atoms with Gasteiger partial charge in [0.15, 0.2) is 23.3 Å². The minimum Gasteiger partial charge on any atom is -0.771 e. The number of H-pyrrole nitrogens is 1. The SMILES string of the molecule is I.O=S([O-])CN1CCN(Cc2cc3nc(-c4cccc5[nH]ncc45)nc(N4CCOCC4)c3s2)CC1.O=S([O-])CN1CCN(Cc2cc3nc(-c4cccc5nn(C6CCCCO6)cc45)nc(N4CCOCC4)c3s2)CC1. The van der Waals surface area contributed by atoms with E-state index < -0.39 is 22.2 Å². The van der Waals surface area contributed by atoms with Crippen molar-refractivity contribution in [2.24, 2.45) is 0 Å². The van der Waals surface area contributed by atoms with Gasteiger partial charge >= 0.3 is 0 Å². The lowest BCUT2D eigenvalue weighted by atomic mass is 10.1. The Balaban J connectivity index is 0.000000164. The first kappa shape index (κ1) is 54.7. The number of rotatable bonds is 13. The molecule has 13 rings (SSSR count). The number of nitrogens with one attached hydrogen (secondary N) is 1. The molecule has 11 heterocycles. The first-order valence-electron chi connectivity index (χ1n) is 26.0. The topological polar surface area (TPSA) is 225 Å². The lowest BCUT2D eigenvalue weighted by Crippen LogP contribution is -2.46. The second-order valence-electron chi connectivity index (χ2n) is 19.8. The van der Waals surface area contributed by atoms with Gasteiger partial charge in [-0.15, -0.1) is 46.7 Å². The van der Waals surface area contributed by atoms with Crippen molar-refractivity contribution in [2.75, 3.05) is 133 Å². The number of piperazine rings is 2. The third kappa shape index (κ3) is 12.7. The Bertz CT molecular complexity index is 3340. The number of ether oxygens (including phenoxy) is 3. The van der Waals surface area contributed by atoms with Gasteiger partial charge in [0, 0.05) is 136 Å². The minimum atomic E-state index is -2.04. The molecule has 0 amide bonds. The zero-order valence-electron chi connectivity index (χ0n) is 42.5. The smallest absolute Gasteiger partial charge is 0.162 e. The molecule has 0 bridgehead atoms. The second kappa shape index (κ2) is 25.0. The number of nitrogens with zero attached hydrogens (tertiary/aromatic N) is 13. The molecule has 410 valence electrons. The third-order valence-corrected chi connectivity index (χ3v) is 18.0. The molecule has 0 saturated carbocycles. The van der Waals surface area contributed by atoms with Crippen LogP contribution in [-0.2, 0) is 49.5 Å². The maximum Gasteiger partial charge on any atom is 0.162 e. The zero-order chi connectivity index (χ0) is 51.5. The summed E-state index contributed by atoms with van der Waals surface area (Å²) in [5.41, 5.74) is 5.73. The van der Waals surface area contributed by atoms with Gasteiger partial charge < -0.3 is 33.1 Å². The van der Waals surface area contributed by atoms with Crippen molar-refractivity contribution < 1.29 is 31.7 Å². The van der Waals surface area contributed by atoms with E-state index in [-0.39, 0.29) is 42.0 Å². The van der Waals surface area contributed by atoms with Crippen molar-refractivity contribution >= 4 is 123 Å². The van der Waals surface area contributed by atoms with Crippen LogP contribution in [0, 0.1) is 0 Å². The maximum absolute atomic E-state index is 11.1. The molecule has 3 unspecified atom stereocenters. The van der Waals surface area contributed by atoms with Gasteiger partial charge in [-0.1, -0.05) is 24.3 Å². The molecule has 5 aliphatic heterocycles. The number of aromatic nitrogens is 8. The van der Waals surface area contributed by atoms with E-state index in [2.05, 4.69) is 54.2 Å². The van der Waals surface area contributed by atoms with E-state index in [1.165, 1.54) is 9.75 Å². The molecule has 6 aromatic heterocycles.